The van der Waals surface area contributed by atoms with Gasteiger partial charge in [0.05, 0.1) is 17.4 Å². The lowest BCUT2D eigenvalue weighted by molar-refractivity contribution is 0.797. The maximum atomic E-state index is 4.41. The van der Waals surface area contributed by atoms with Gasteiger partial charge >= 0.3 is 0 Å². The van der Waals surface area contributed by atoms with Crippen LogP contribution in [0.15, 0.2) is 24.5 Å². The van der Waals surface area contributed by atoms with E-state index < -0.39 is 0 Å². The molecule has 0 atom stereocenters. The zero-order valence-electron chi connectivity index (χ0n) is 10.1. The summed E-state index contributed by atoms with van der Waals surface area (Å²) in [4.78, 5) is 4.41. The molecular weight excluding hydrogens is 226 g/mol. The number of aromatic nitrogens is 5. The van der Waals surface area contributed by atoms with Crippen molar-refractivity contribution in [2.45, 2.75) is 18.8 Å². The van der Waals surface area contributed by atoms with Crippen LogP contribution in [0.2, 0.25) is 0 Å². The second-order valence-electron chi connectivity index (χ2n) is 4.88. The third kappa shape index (κ3) is 1.44. The van der Waals surface area contributed by atoms with Crippen molar-refractivity contribution < 1.29 is 0 Å². The molecule has 3 heterocycles. The van der Waals surface area contributed by atoms with Crippen LogP contribution in [0.25, 0.3) is 22.3 Å². The van der Waals surface area contributed by atoms with E-state index in [2.05, 4.69) is 32.4 Å². The molecule has 0 spiro atoms. The summed E-state index contributed by atoms with van der Waals surface area (Å²) in [6.45, 7) is 0. The molecule has 0 bridgehead atoms. The lowest BCUT2D eigenvalue weighted by atomic mass is 10.1. The number of rotatable bonds is 2. The van der Waals surface area contributed by atoms with Crippen molar-refractivity contribution in [3.8, 4) is 11.3 Å². The van der Waals surface area contributed by atoms with Crippen LogP contribution >= 0.6 is 0 Å². The zero-order valence-corrected chi connectivity index (χ0v) is 10.1. The number of nitrogens with zero attached hydrogens (tertiary/aromatic N) is 4. The van der Waals surface area contributed by atoms with Crippen molar-refractivity contribution in [1.82, 2.24) is 25.0 Å². The molecule has 18 heavy (non-hydrogen) atoms. The number of hydrogen-bond donors (Lipinski definition) is 1. The maximum absolute atomic E-state index is 4.41. The van der Waals surface area contributed by atoms with Gasteiger partial charge in [-0.1, -0.05) is 0 Å². The van der Waals surface area contributed by atoms with Gasteiger partial charge in [0.2, 0.25) is 0 Å². The van der Waals surface area contributed by atoms with E-state index in [-0.39, 0.29) is 0 Å². The first kappa shape index (κ1) is 9.82. The van der Waals surface area contributed by atoms with Crippen LogP contribution in [0.3, 0.4) is 0 Å². The second-order valence-corrected chi connectivity index (χ2v) is 4.88. The minimum Gasteiger partial charge on any atom is -0.282 e. The van der Waals surface area contributed by atoms with Gasteiger partial charge in [-0.3, -0.25) is 14.8 Å². The Morgan fingerprint density at radius 2 is 2.17 bits per heavy atom. The lowest BCUT2D eigenvalue weighted by Crippen LogP contribution is -1.90. The maximum Gasteiger partial charge on any atom is 0.108 e. The number of aryl methyl sites for hydroxylation is 1. The summed E-state index contributed by atoms with van der Waals surface area (Å²) in [7, 11) is 1.92. The van der Waals surface area contributed by atoms with Gasteiger partial charge in [-0.15, -0.1) is 0 Å². The summed E-state index contributed by atoms with van der Waals surface area (Å²) in [5.74, 6) is 0.694. The minimum absolute atomic E-state index is 0.694. The Kier molecular flexibility index (Phi) is 1.86. The molecule has 0 radical (unpaired) electrons. The fourth-order valence-electron chi connectivity index (χ4n) is 2.25. The summed E-state index contributed by atoms with van der Waals surface area (Å²) in [6, 6.07) is 4.22. The molecule has 0 aliphatic heterocycles. The van der Waals surface area contributed by atoms with E-state index >= 15 is 0 Å². The molecule has 3 aromatic heterocycles. The first-order chi connectivity index (χ1) is 8.81. The van der Waals surface area contributed by atoms with Gasteiger partial charge in [0, 0.05) is 30.4 Å². The molecule has 1 saturated carbocycles. The molecule has 0 saturated heterocycles. The predicted molar refractivity (Wildman–Crippen MR) is 68.1 cm³/mol. The van der Waals surface area contributed by atoms with Crippen LogP contribution in [0.4, 0.5) is 0 Å². The molecule has 1 N–H and O–H groups in total. The summed E-state index contributed by atoms with van der Waals surface area (Å²) in [5.41, 5.74) is 5.19. The van der Waals surface area contributed by atoms with E-state index in [0.29, 0.717) is 5.92 Å². The molecule has 5 heteroatoms. The highest BCUT2D eigenvalue weighted by molar-refractivity contribution is 5.79. The van der Waals surface area contributed by atoms with E-state index in [1.165, 1.54) is 18.5 Å². The largest absolute Gasteiger partial charge is 0.282 e. The highest BCUT2D eigenvalue weighted by atomic mass is 15.3. The van der Waals surface area contributed by atoms with Gasteiger partial charge in [0.1, 0.15) is 5.52 Å². The number of aromatic amines is 1. The van der Waals surface area contributed by atoms with Crippen molar-refractivity contribution in [3.05, 3.63) is 30.2 Å². The van der Waals surface area contributed by atoms with Gasteiger partial charge < -0.3 is 0 Å². The Labute approximate surface area is 104 Å². The van der Waals surface area contributed by atoms with Gasteiger partial charge in [-0.25, -0.2) is 0 Å². The third-order valence-corrected chi connectivity index (χ3v) is 3.51. The predicted octanol–water partition coefficient (Wildman–Crippen LogP) is 2.24. The molecule has 0 aromatic carbocycles. The van der Waals surface area contributed by atoms with Crippen molar-refractivity contribution in [2.24, 2.45) is 7.05 Å². The van der Waals surface area contributed by atoms with Crippen LogP contribution in [0, 0.1) is 0 Å². The summed E-state index contributed by atoms with van der Waals surface area (Å²) >= 11 is 0. The Hall–Kier alpha value is -2.17. The van der Waals surface area contributed by atoms with E-state index in [9.17, 15) is 0 Å². The SMILES string of the molecule is Cn1ncc2ncc(-c3cc(C4CC4)[nH]n3)cc21. The Morgan fingerprint density at radius 3 is 3.00 bits per heavy atom. The van der Waals surface area contributed by atoms with E-state index in [1.54, 1.807) is 6.20 Å². The molecule has 90 valence electrons. The summed E-state index contributed by atoms with van der Waals surface area (Å²) in [6.07, 6.45) is 6.19. The molecule has 4 rings (SSSR count). The standard InChI is InChI=1S/C13H13N5/c1-18-13-4-9(6-14-12(13)7-15-18)11-5-10(16-17-11)8-2-3-8/h4-8H,2-3H2,1H3,(H,16,17). The Bertz CT molecular complexity index is 720. The van der Waals surface area contributed by atoms with E-state index in [0.717, 1.165) is 22.3 Å². The molecule has 1 aliphatic rings. The average Bonchev–Trinajstić information content (AvgIpc) is 3.01. The fraction of sp³-hybridized carbons (Fsp3) is 0.308. The van der Waals surface area contributed by atoms with E-state index in [1.807, 2.05) is 17.9 Å². The molecule has 5 nitrogen and oxygen atoms in total. The van der Waals surface area contributed by atoms with Crippen molar-refractivity contribution in [2.75, 3.05) is 0 Å². The van der Waals surface area contributed by atoms with Crippen LogP contribution in [-0.4, -0.2) is 25.0 Å². The highest BCUT2D eigenvalue weighted by Crippen LogP contribution is 2.39. The monoisotopic (exact) mass is 239 g/mol. The highest BCUT2D eigenvalue weighted by Gasteiger charge is 2.25. The van der Waals surface area contributed by atoms with Crippen LogP contribution in [0.5, 0.6) is 0 Å². The fourth-order valence-corrected chi connectivity index (χ4v) is 2.25. The van der Waals surface area contributed by atoms with Gasteiger partial charge in [-0.05, 0) is 25.0 Å². The molecule has 3 aromatic rings. The lowest BCUT2D eigenvalue weighted by Gasteiger charge is -1.97. The van der Waals surface area contributed by atoms with Gasteiger partial charge in [0.15, 0.2) is 0 Å². The molecule has 1 fully saturated rings. The molecule has 0 unspecified atom stereocenters. The minimum atomic E-state index is 0.694. The van der Waals surface area contributed by atoms with Gasteiger partial charge in [0.25, 0.3) is 0 Å². The van der Waals surface area contributed by atoms with Gasteiger partial charge in [-0.2, -0.15) is 10.2 Å². The zero-order chi connectivity index (χ0) is 12.1. The second kappa shape index (κ2) is 3.41. The van der Waals surface area contributed by atoms with Crippen molar-refractivity contribution in [1.29, 1.82) is 0 Å². The number of fused-ring (bicyclic) bond motifs is 1. The first-order valence-corrected chi connectivity index (χ1v) is 6.15. The number of hydrogen-bond acceptors (Lipinski definition) is 3. The number of pyridine rings is 1. The topological polar surface area (TPSA) is 59.4 Å². The van der Waals surface area contributed by atoms with Crippen LogP contribution in [0.1, 0.15) is 24.5 Å². The summed E-state index contributed by atoms with van der Waals surface area (Å²) < 4.78 is 1.83. The summed E-state index contributed by atoms with van der Waals surface area (Å²) in [5, 5.41) is 11.7. The Balaban J connectivity index is 1.81. The molecule has 1 aliphatic carbocycles. The quantitative estimate of drug-likeness (QED) is 0.746. The van der Waals surface area contributed by atoms with Crippen LogP contribution < -0.4 is 0 Å². The molecule has 0 amide bonds. The normalized spacial score (nSPS) is 15.4. The van der Waals surface area contributed by atoms with Crippen LogP contribution in [-0.2, 0) is 7.05 Å². The van der Waals surface area contributed by atoms with Crippen molar-refractivity contribution >= 4 is 11.0 Å². The number of nitrogens with one attached hydrogen (secondary N) is 1. The number of H-pyrrole nitrogens is 1. The third-order valence-electron chi connectivity index (χ3n) is 3.51. The first-order valence-electron chi connectivity index (χ1n) is 6.15. The van der Waals surface area contributed by atoms with E-state index in [4.69, 9.17) is 0 Å². The average molecular weight is 239 g/mol. The Morgan fingerprint density at radius 1 is 1.28 bits per heavy atom. The van der Waals surface area contributed by atoms with Crippen molar-refractivity contribution in [3.63, 3.8) is 0 Å². The smallest absolute Gasteiger partial charge is 0.108 e. The molecular formula is C13H13N5.